The number of hydrogen-bond acceptors (Lipinski definition) is 5. The fourth-order valence-corrected chi connectivity index (χ4v) is 4.99. The minimum absolute atomic E-state index is 0.0612. The molecule has 1 aliphatic rings. The van der Waals surface area contributed by atoms with Crippen LogP contribution in [0.4, 0.5) is 0 Å². The van der Waals surface area contributed by atoms with Gasteiger partial charge in [-0.2, -0.15) is 0 Å². The molecule has 196 valence electrons. The number of likely N-dealkylation sites (tertiary alicyclic amines) is 1. The highest BCUT2D eigenvalue weighted by molar-refractivity contribution is 5.96. The fourth-order valence-electron chi connectivity index (χ4n) is 4.99. The van der Waals surface area contributed by atoms with E-state index in [4.69, 9.17) is 0 Å². The second-order valence-electron chi connectivity index (χ2n) is 10.0. The monoisotopic (exact) mass is 501 g/mol. The Kier molecular flexibility index (Phi) is 9.71. The predicted molar refractivity (Wildman–Crippen MR) is 148 cm³/mol. The average Bonchev–Trinajstić information content (AvgIpc) is 2.94. The minimum atomic E-state index is -0.807. The second-order valence-corrected chi connectivity index (χ2v) is 10.0. The molecule has 1 amide bonds. The van der Waals surface area contributed by atoms with Gasteiger partial charge in [-0.25, -0.2) is 0 Å². The molecule has 1 heterocycles. The number of phenols is 1. The lowest BCUT2D eigenvalue weighted by Gasteiger charge is -2.29. The number of phenolic OH excluding ortho intramolecular Hbond substituents is 1. The van der Waals surface area contributed by atoms with Gasteiger partial charge in [0.15, 0.2) is 0 Å². The van der Waals surface area contributed by atoms with Crippen LogP contribution in [-0.2, 0) is 13.0 Å². The molecule has 0 radical (unpaired) electrons. The van der Waals surface area contributed by atoms with Crippen molar-refractivity contribution in [2.24, 2.45) is 0 Å². The molecule has 0 aromatic heterocycles. The van der Waals surface area contributed by atoms with E-state index in [-0.39, 0.29) is 17.7 Å². The maximum atomic E-state index is 13.6. The Morgan fingerprint density at radius 1 is 0.919 bits per heavy atom. The van der Waals surface area contributed by atoms with E-state index >= 15 is 0 Å². The molecular weight excluding hydrogens is 462 g/mol. The quantitative estimate of drug-likeness (QED) is 0.312. The van der Waals surface area contributed by atoms with E-state index in [0.717, 1.165) is 37.1 Å². The molecule has 37 heavy (non-hydrogen) atoms. The molecule has 1 saturated heterocycles. The van der Waals surface area contributed by atoms with Crippen LogP contribution in [0.3, 0.4) is 0 Å². The molecule has 0 bridgehead atoms. The third-order valence-corrected chi connectivity index (χ3v) is 7.24. The van der Waals surface area contributed by atoms with Crippen LogP contribution in [-0.4, -0.2) is 52.8 Å². The first-order chi connectivity index (χ1) is 18.0. The summed E-state index contributed by atoms with van der Waals surface area (Å²) < 4.78 is 0. The third-order valence-electron chi connectivity index (χ3n) is 7.24. The maximum absolute atomic E-state index is 13.6. The zero-order valence-corrected chi connectivity index (χ0v) is 21.6. The number of aliphatic hydroxyl groups is 1. The van der Waals surface area contributed by atoms with Crippen LogP contribution < -0.4 is 10.6 Å². The summed E-state index contributed by atoms with van der Waals surface area (Å²) >= 11 is 0. The van der Waals surface area contributed by atoms with E-state index in [1.807, 2.05) is 48.5 Å². The molecule has 1 fully saturated rings. The molecule has 6 nitrogen and oxygen atoms in total. The van der Waals surface area contributed by atoms with Crippen LogP contribution in [0.2, 0.25) is 0 Å². The van der Waals surface area contributed by atoms with Crippen molar-refractivity contribution >= 4 is 5.91 Å². The van der Waals surface area contributed by atoms with Crippen molar-refractivity contribution in [2.75, 3.05) is 19.6 Å². The van der Waals surface area contributed by atoms with Gasteiger partial charge in [0.2, 0.25) is 0 Å². The van der Waals surface area contributed by atoms with Crippen LogP contribution in [0.5, 0.6) is 5.75 Å². The van der Waals surface area contributed by atoms with Gasteiger partial charge < -0.3 is 20.8 Å². The van der Waals surface area contributed by atoms with Crippen LogP contribution in [0, 0.1) is 0 Å². The summed E-state index contributed by atoms with van der Waals surface area (Å²) in [6, 6.07) is 24.6. The van der Waals surface area contributed by atoms with Crippen molar-refractivity contribution in [3.05, 3.63) is 101 Å². The molecular formula is C31H39N3O3. The molecule has 1 aliphatic heterocycles. The largest absolute Gasteiger partial charge is 0.508 e. The predicted octanol–water partition coefficient (Wildman–Crippen LogP) is 4.43. The van der Waals surface area contributed by atoms with Crippen molar-refractivity contribution in [3.63, 3.8) is 0 Å². The van der Waals surface area contributed by atoms with E-state index < -0.39 is 12.1 Å². The van der Waals surface area contributed by atoms with Crippen molar-refractivity contribution < 1.29 is 15.0 Å². The molecule has 4 rings (SSSR count). The van der Waals surface area contributed by atoms with Gasteiger partial charge >= 0.3 is 0 Å². The first kappa shape index (κ1) is 26.9. The normalized spacial score (nSPS) is 16.6. The Hall–Kier alpha value is -3.19. The summed E-state index contributed by atoms with van der Waals surface area (Å²) in [6.45, 7) is 4.87. The number of aliphatic hydroxyl groups excluding tert-OH is 1. The van der Waals surface area contributed by atoms with Crippen LogP contribution in [0.15, 0.2) is 78.9 Å². The highest BCUT2D eigenvalue weighted by Crippen LogP contribution is 2.25. The Balaban J connectivity index is 1.49. The number of benzene rings is 3. The van der Waals surface area contributed by atoms with Crippen molar-refractivity contribution in [3.8, 4) is 5.75 Å². The lowest BCUT2D eigenvalue weighted by atomic mass is 9.98. The highest BCUT2D eigenvalue weighted by Gasteiger charge is 2.25. The summed E-state index contributed by atoms with van der Waals surface area (Å²) in [7, 11) is 0. The molecule has 0 spiro atoms. The second kappa shape index (κ2) is 13.4. The van der Waals surface area contributed by atoms with E-state index in [2.05, 4.69) is 34.6 Å². The first-order valence-corrected chi connectivity index (χ1v) is 13.4. The number of aromatic hydroxyl groups is 1. The Bertz CT molecular complexity index is 1120. The van der Waals surface area contributed by atoms with Crippen LogP contribution in [0.1, 0.15) is 59.3 Å². The molecule has 3 aromatic carbocycles. The molecule has 0 saturated carbocycles. The van der Waals surface area contributed by atoms with E-state index in [1.54, 1.807) is 18.2 Å². The van der Waals surface area contributed by atoms with Gasteiger partial charge in [0.1, 0.15) is 5.75 Å². The molecule has 3 aromatic rings. The molecule has 4 N–H and O–H groups in total. The number of nitrogens with one attached hydrogen (secondary N) is 2. The highest BCUT2D eigenvalue weighted by atomic mass is 16.3. The maximum Gasteiger partial charge on any atom is 0.252 e. The van der Waals surface area contributed by atoms with E-state index in [0.29, 0.717) is 30.6 Å². The SMILES string of the molecule is C[C@@H](NC[C@@H](O)[C@H](Cc1ccccc1)NC(=O)c1cccc(O)c1CN1CCCCC1)c1ccccc1. The Morgan fingerprint density at radius 2 is 1.59 bits per heavy atom. The number of carbonyl (C=O) groups excluding carboxylic acids is 1. The van der Waals surface area contributed by atoms with E-state index in [1.165, 1.54) is 6.42 Å². The van der Waals surface area contributed by atoms with Gasteiger partial charge in [-0.05, 0) is 62.5 Å². The van der Waals surface area contributed by atoms with E-state index in [9.17, 15) is 15.0 Å². The first-order valence-electron chi connectivity index (χ1n) is 13.4. The van der Waals surface area contributed by atoms with Crippen molar-refractivity contribution in [1.82, 2.24) is 15.5 Å². The summed E-state index contributed by atoms with van der Waals surface area (Å²) in [6.07, 6.45) is 3.18. The van der Waals surface area contributed by atoms with Crippen LogP contribution >= 0.6 is 0 Å². The Morgan fingerprint density at radius 3 is 2.30 bits per heavy atom. The van der Waals surface area contributed by atoms with Crippen molar-refractivity contribution in [1.29, 1.82) is 0 Å². The zero-order valence-electron chi connectivity index (χ0n) is 21.6. The molecule has 3 atom stereocenters. The van der Waals surface area contributed by atoms with Gasteiger partial charge in [0, 0.05) is 30.3 Å². The summed E-state index contributed by atoms with van der Waals surface area (Å²) in [4.78, 5) is 15.8. The number of amides is 1. The third kappa shape index (κ3) is 7.65. The molecule has 6 heteroatoms. The standard InChI is InChI=1S/C31H39N3O3/c1-23(25-14-7-3-8-15-25)32-21-30(36)28(20-24-12-5-2-6-13-24)33-31(37)26-16-11-17-29(35)27(26)22-34-18-9-4-10-19-34/h2-3,5-8,11-17,23,28,30,32,35-36H,4,9-10,18-22H2,1H3,(H,33,37)/t23-,28+,30-/m1/s1. The van der Waals surface area contributed by atoms with Gasteiger partial charge in [0.25, 0.3) is 5.91 Å². The van der Waals surface area contributed by atoms with Gasteiger partial charge in [-0.3, -0.25) is 9.69 Å². The topological polar surface area (TPSA) is 84.8 Å². The molecule has 0 unspecified atom stereocenters. The summed E-state index contributed by atoms with van der Waals surface area (Å²) in [5, 5.41) is 28.3. The smallest absolute Gasteiger partial charge is 0.252 e. The zero-order chi connectivity index (χ0) is 26.0. The number of nitrogens with zero attached hydrogens (tertiary/aromatic N) is 1. The average molecular weight is 502 g/mol. The summed E-state index contributed by atoms with van der Waals surface area (Å²) in [5.74, 6) is -0.143. The van der Waals surface area contributed by atoms with Crippen molar-refractivity contribution in [2.45, 2.75) is 57.3 Å². The van der Waals surface area contributed by atoms with Gasteiger partial charge in [0.05, 0.1) is 12.1 Å². The number of hydrogen-bond donors (Lipinski definition) is 4. The lowest BCUT2D eigenvalue weighted by molar-refractivity contribution is 0.0823. The minimum Gasteiger partial charge on any atom is -0.508 e. The summed E-state index contributed by atoms with van der Waals surface area (Å²) in [5.41, 5.74) is 3.28. The number of rotatable bonds is 11. The van der Waals surface area contributed by atoms with Gasteiger partial charge in [-0.1, -0.05) is 73.2 Å². The molecule has 0 aliphatic carbocycles. The van der Waals surface area contributed by atoms with Gasteiger partial charge in [-0.15, -0.1) is 0 Å². The fraction of sp³-hybridized carbons (Fsp3) is 0.387. The lowest BCUT2D eigenvalue weighted by Crippen LogP contribution is -2.49. The Labute approximate surface area is 220 Å². The van der Waals surface area contributed by atoms with Crippen LogP contribution in [0.25, 0.3) is 0 Å². The number of carbonyl (C=O) groups is 1. The number of piperidine rings is 1.